The van der Waals surface area contributed by atoms with Crippen LogP contribution in [0.25, 0.3) is 5.69 Å². The van der Waals surface area contributed by atoms with Gasteiger partial charge in [-0.15, -0.1) is 0 Å². The van der Waals surface area contributed by atoms with Gasteiger partial charge in [0.25, 0.3) is 11.5 Å². The summed E-state index contributed by atoms with van der Waals surface area (Å²) in [5.41, 5.74) is 11.3. The Balaban J connectivity index is 2.04. The van der Waals surface area contributed by atoms with E-state index in [1.54, 1.807) is 12.3 Å². The number of rotatable bonds is 5. The molecule has 8 nitrogen and oxygen atoms in total. The molecule has 0 aliphatic rings. The van der Waals surface area contributed by atoms with Crippen molar-refractivity contribution in [2.45, 2.75) is 39.4 Å². The van der Waals surface area contributed by atoms with E-state index in [9.17, 15) is 22.8 Å². The summed E-state index contributed by atoms with van der Waals surface area (Å²) < 4.78 is 40.4. The molecule has 0 saturated carbocycles. The molecule has 33 heavy (non-hydrogen) atoms. The monoisotopic (exact) mass is 460 g/mol. The highest BCUT2D eigenvalue weighted by Gasteiger charge is 2.32. The number of aryl methyl sites for hydroxylation is 2. The molecule has 0 radical (unpaired) electrons. The highest BCUT2D eigenvalue weighted by Crippen LogP contribution is 2.33. The second-order valence-electron chi connectivity index (χ2n) is 7.61. The van der Waals surface area contributed by atoms with Gasteiger partial charge in [-0.25, -0.2) is 4.98 Å². The number of nitrogens with one attached hydrogen (secondary N) is 1. The molecule has 1 atom stereocenters. The van der Waals surface area contributed by atoms with Crippen molar-refractivity contribution >= 4 is 17.4 Å². The Kier molecular flexibility index (Phi) is 6.54. The van der Waals surface area contributed by atoms with Gasteiger partial charge >= 0.3 is 6.18 Å². The molecule has 0 saturated heterocycles. The Bertz CT molecular complexity index is 1250. The summed E-state index contributed by atoms with van der Waals surface area (Å²) in [6, 6.07) is 3.22. The molecule has 0 aliphatic heterocycles. The number of carbonyl (C=O) groups is 1. The van der Waals surface area contributed by atoms with Gasteiger partial charge in [0.1, 0.15) is 17.7 Å². The third-order valence-corrected chi connectivity index (χ3v) is 5.17. The molecule has 2 heterocycles. The van der Waals surface area contributed by atoms with E-state index in [2.05, 4.69) is 15.3 Å². The lowest BCUT2D eigenvalue weighted by atomic mass is 10.0. The van der Waals surface area contributed by atoms with Gasteiger partial charge in [-0.3, -0.25) is 19.1 Å². The number of benzene rings is 1. The van der Waals surface area contributed by atoms with E-state index < -0.39 is 28.8 Å². The minimum absolute atomic E-state index is 0.187. The number of anilines is 2. The van der Waals surface area contributed by atoms with Crippen LogP contribution in [0, 0.1) is 13.8 Å². The van der Waals surface area contributed by atoms with E-state index in [4.69, 9.17) is 11.5 Å². The number of nitrogens with two attached hydrogens (primary N) is 2. The minimum Gasteiger partial charge on any atom is -0.383 e. The van der Waals surface area contributed by atoms with Crippen LogP contribution in [0.1, 0.15) is 52.0 Å². The molecule has 11 heteroatoms. The first-order chi connectivity index (χ1) is 15.4. The van der Waals surface area contributed by atoms with Crippen LogP contribution in [-0.2, 0) is 6.18 Å². The Morgan fingerprint density at radius 2 is 1.82 bits per heavy atom. The Labute approximate surface area is 187 Å². The zero-order chi connectivity index (χ0) is 24.5. The lowest BCUT2D eigenvalue weighted by Gasteiger charge is -2.17. The molecule has 0 aliphatic carbocycles. The number of carbonyl (C=O) groups excluding carboxylic acids is 1. The number of nitrogen functional groups attached to an aromatic ring is 1. The summed E-state index contributed by atoms with van der Waals surface area (Å²) in [4.78, 5) is 34.0. The van der Waals surface area contributed by atoms with Gasteiger partial charge in [0.05, 0.1) is 23.1 Å². The lowest BCUT2D eigenvalue weighted by molar-refractivity contribution is -0.137. The summed E-state index contributed by atoms with van der Waals surface area (Å²) in [5, 5.41) is 2.56. The van der Waals surface area contributed by atoms with Crippen molar-refractivity contribution in [3.05, 3.63) is 75.1 Å². The van der Waals surface area contributed by atoms with E-state index in [1.807, 2.05) is 6.92 Å². The predicted molar refractivity (Wildman–Crippen MR) is 118 cm³/mol. The number of hydrogen-bond donors (Lipinski definition) is 3. The van der Waals surface area contributed by atoms with Crippen LogP contribution in [-0.4, -0.2) is 20.4 Å². The largest absolute Gasteiger partial charge is 0.416 e. The highest BCUT2D eigenvalue weighted by atomic mass is 19.4. The van der Waals surface area contributed by atoms with Crippen molar-refractivity contribution in [3.63, 3.8) is 0 Å². The van der Waals surface area contributed by atoms with Crippen molar-refractivity contribution in [3.8, 4) is 5.69 Å². The Hall–Kier alpha value is -3.73. The molecule has 3 aromatic rings. The first kappa shape index (κ1) is 23.9. The molecule has 174 valence electrons. The first-order valence-corrected chi connectivity index (χ1v) is 10.0. The van der Waals surface area contributed by atoms with Crippen LogP contribution in [0.5, 0.6) is 0 Å². The minimum atomic E-state index is -4.54. The van der Waals surface area contributed by atoms with Gasteiger partial charge in [-0.05, 0) is 55.2 Å². The van der Waals surface area contributed by atoms with Crippen molar-refractivity contribution in [2.24, 2.45) is 5.73 Å². The van der Waals surface area contributed by atoms with Gasteiger partial charge in [0.2, 0.25) is 0 Å². The van der Waals surface area contributed by atoms with Crippen LogP contribution in [0.15, 0.2) is 41.7 Å². The second kappa shape index (κ2) is 9.02. The molecule has 0 spiro atoms. The molecule has 3 rings (SSSR count). The number of nitrogens with zero attached hydrogens (tertiary/aromatic N) is 3. The summed E-state index contributed by atoms with van der Waals surface area (Å²) in [5.74, 6) is -1.14. The molecular formula is C22H23F3N6O2. The summed E-state index contributed by atoms with van der Waals surface area (Å²) in [7, 11) is 0. The molecule has 0 fully saturated rings. The van der Waals surface area contributed by atoms with Crippen molar-refractivity contribution in [1.29, 1.82) is 0 Å². The smallest absolute Gasteiger partial charge is 0.383 e. The topological polar surface area (TPSA) is 129 Å². The van der Waals surface area contributed by atoms with Crippen molar-refractivity contribution < 1.29 is 18.0 Å². The SMILES string of the molecule is CC[C@@H](N)c1cncc(NC(=O)c2c(N)ncn(-c3c(C)cc(C(F)(F)F)cc3C)c2=O)c1. The van der Waals surface area contributed by atoms with Crippen molar-refractivity contribution in [2.75, 3.05) is 11.1 Å². The van der Waals surface area contributed by atoms with Crippen LogP contribution in [0.4, 0.5) is 24.7 Å². The van der Waals surface area contributed by atoms with Gasteiger partial charge in [0.15, 0.2) is 0 Å². The Morgan fingerprint density at radius 1 is 1.18 bits per heavy atom. The number of aromatic nitrogens is 3. The quantitative estimate of drug-likeness (QED) is 0.534. The predicted octanol–water partition coefficient (Wildman–Crippen LogP) is 3.51. The van der Waals surface area contributed by atoms with Crippen LogP contribution in [0.3, 0.4) is 0 Å². The maximum Gasteiger partial charge on any atom is 0.416 e. The molecule has 1 aromatic carbocycles. The van der Waals surface area contributed by atoms with Gasteiger partial charge in [-0.2, -0.15) is 13.2 Å². The molecule has 0 bridgehead atoms. The van der Waals surface area contributed by atoms with E-state index >= 15 is 0 Å². The maximum atomic E-state index is 13.2. The number of alkyl halides is 3. The normalized spacial score (nSPS) is 12.5. The fourth-order valence-corrected chi connectivity index (χ4v) is 3.50. The molecule has 1 amide bonds. The maximum absolute atomic E-state index is 13.2. The van der Waals surface area contributed by atoms with Crippen LogP contribution < -0.4 is 22.3 Å². The third-order valence-electron chi connectivity index (χ3n) is 5.17. The number of hydrogen-bond acceptors (Lipinski definition) is 6. The fourth-order valence-electron chi connectivity index (χ4n) is 3.50. The third kappa shape index (κ3) is 4.87. The van der Waals surface area contributed by atoms with E-state index in [1.165, 1.54) is 20.0 Å². The van der Waals surface area contributed by atoms with E-state index in [0.717, 1.165) is 23.0 Å². The Morgan fingerprint density at radius 3 is 2.39 bits per heavy atom. The highest BCUT2D eigenvalue weighted by molar-refractivity contribution is 6.06. The van der Waals surface area contributed by atoms with Gasteiger partial charge in [-0.1, -0.05) is 6.92 Å². The molecule has 5 N–H and O–H groups in total. The number of halogens is 3. The standard InChI is InChI=1S/C22H23F3N6O2/c1-4-16(26)13-7-15(9-28-8-13)30-20(32)17-19(27)29-10-31(21(17)33)18-11(2)5-14(6-12(18)3)22(23,24)25/h5-10,16H,4,26-27H2,1-3H3,(H,30,32)/t16-/m1/s1. The van der Waals surface area contributed by atoms with Gasteiger partial charge < -0.3 is 16.8 Å². The lowest BCUT2D eigenvalue weighted by Crippen LogP contribution is -2.31. The fraction of sp³-hybridized carbons (Fsp3) is 0.273. The van der Waals surface area contributed by atoms with Crippen molar-refractivity contribution in [1.82, 2.24) is 14.5 Å². The van der Waals surface area contributed by atoms with Crippen LogP contribution in [0.2, 0.25) is 0 Å². The zero-order valence-electron chi connectivity index (χ0n) is 18.2. The molecule has 2 aromatic heterocycles. The van der Waals surface area contributed by atoms with Crippen LogP contribution >= 0.6 is 0 Å². The second-order valence-corrected chi connectivity index (χ2v) is 7.61. The zero-order valence-corrected chi connectivity index (χ0v) is 18.2. The van der Waals surface area contributed by atoms with E-state index in [-0.39, 0.29) is 28.7 Å². The summed E-state index contributed by atoms with van der Waals surface area (Å²) in [6.45, 7) is 4.78. The number of amides is 1. The first-order valence-electron chi connectivity index (χ1n) is 10.0. The molecular weight excluding hydrogens is 437 g/mol. The summed E-state index contributed by atoms with van der Waals surface area (Å²) in [6.07, 6.45) is 0.168. The average molecular weight is 460 g/mol. The number of pyridine rings is 1. The van der Waals surface area contributed by atoms with Gasteiger partial charge in [0, 0.05) is 12.2 Å². The van der Waals surface area contributed by atoms with E-state index in [0.29, 0.717) is 17.7 Å². The molecule has 0 unspecified atom stereocenters. The summed E-state index contributed by atoms with van der Waals surface area (Å²) >= 11 is 0. The average Bonchev–Trinajstić information content (AvgIpc) is 2.73.